The van der Waals surface area contributed by atoms with E-state index in [2.05, 4.69) is 6.92 Å². The summed E-state index contributed by atoms with van der Waals surface area (Å²) in [7, 11) is 0. The lowest BCUT2D eigenvalue weighted by atomic mass is 9.71. The fourth-order valence-corrected chi connectivity index (χ4v) is 4.60. The fraction of sp³-hybridized carbons (Fsp3) is 0.500. The van der Waals surface area contributed by atoms with E-state index >= 15 is 0 Å². The number of hydrogen-bond acceptors (Lipinski definition) is 3. The quantitative estimate of drug-likeness (QED) is 0.593. The second-order valence-corrected chi connectivity index (χ2v) is 10.0. The Kier molecular flexibility index (Phi) is 6.59. The molecule has 0 radical (unpaired) electrons. The summed E-state index contributed by atoms with van der Waals surface area (Å²) in [5.41, 5.74) is -2.36. The molecular formula is C26H32F3NO3. The summed E-state index contributed by atoms with van der Waals surface area (Å²) in [5.74, 6) is -0.165. The number of nitrogens with zero attached hydrogens (tertiary/aromatic N) is 1. The van der Waals surface area contributed by atoms with E-state index in [4.69, 9.17) is 4.74 Å². The van der Waals surface area contributed by atoms with Crippen LogP contribution in [0.3, 0.4) is 0 Å². The van der Waals surface area contributed by atoms with Gasteiger partial charge in [-0.3, -0.25) is 0 Å². The molecule has 1 aliphatic heterocycles. The molecule has 3 rings (SSSR count). The van der Waals surface area contributed by atoms with Crippen LogP contribution in [-0.4, -0.2) is 41.0 Å². The summed E-state index contributed by atoms with van der Waals surface area (Å²) in [6.45, 7) is 9.58. The van der Waals surface area contributed by atoms with Crippen LogP contribution in [-0.2, 0) is 15.8 Å². The van der Waals surface area contributed by atoms with Gasteiger partial charge in [-0.2, -0.15) is 13.2 Å². The zero-order chi connectivity index (χ0) is 24.7. The standard InChI is InChI=1S/C26H32F3NO3/c1-6-25(32,26(27,28)29)20-14-12-18(13-15-20)21-16-30(22(31)33-23(2,3)4)17-24(21,5)19-10-8-7-9-11-19/h7-15,21,32H,6,16-17H2,1-5H3/t21-,24+,25?/m1/s1. The number of amides is 1. The zero-order valence-corrected chi connectivity index (χ0v) is 19.7. The summed E-state index contributed by atoms with van der Waals surface area (Å²) < 4.78 is 46.1. The highest BCUT2D eigenvalue weighted by atomic mass is 19.4. The third kappa shape index (κ3) is 4.88. The number of carbonyl (C=O) groups excluding carboxylic acids is 1. The molecular weight excluding hydrogens is 431 g/mol. The Bertz CT molecular complexity index is 969. The molecule has 1 heterocycles. The van der Waals surface area contributed by atoms with Gasteiger partial charge in [0.1, 0.15) is 5.60 Å². The lowest BCUT2D eigenvalue weighted by Gasteiger charge is -2.33. The van der Waals surface area contributed by atoms with Gasteiger partial charge in [0.15, 0.2) is 5.60 Å². The predicted octanol–water partition coefficient (Wildman–Crippen LogP) is 6.14. The first-order chi connectivity index (χ1) is 15.2. The van der Waals surface area contributed by atoms with Gasteiger partial charge in [-0.15, -0.1) is 0 Å². The molecule has 3 atom stereocenters. The Morgan fingerprint density at radius 2 is 1.67 bits per heavy atom. The minimum absolute atomic E-state index is 0.165. The SMILES string of the molecule is CCC(O)(c1ccc([C@H]2CN(C(=O)OC(C)(C)C)C[C@@]2(C)c2ccccc2)cc1)C(F)(F)F. The first-order valence-corrected chi connectivity index (χ1v) is 11.1. The van der Waals surface area contributed by atoms with E-state index in [1.807, 2.05) is 51.1 Å². The van der Waals surface area contributed by atoms with E-state index in [0.717, 1.165) is 11.1 Å². The molecule has 0 bridgehead atoms. The molecule has 1 N–H and O–H groups in total. The van der Waals surface area contributed by atoms with Gasteiger partial charge >= 0.3 is 12.3 Å². The minimum atomic E-state index is -4.78. The summed E-state index contributed by atoms with van der Waals surface area (Å²) in [5, 5.41) is 10.3. The molecule has 2 aromatic rings. The van der Waals surface area contributed by atoms with E-state index in [0.29, 0.717) is 13.1 Å². The number of hydrogen-bond donors (Lipinski definition) is 1. The maximum Gasteiger partial charge on any atom is 0.421 e. The molecule has 1 fully saturated rings. The van der Waals surface area contributed by atoms with Gasteiger partial charge in [-0.1, -0.05) is 68.4 Å². The molecule has 7 heteroatoms. The van der Waals surface area contributed by atoms with Gasteiger partial charge in [-0.05, 0) is 43.9 Å². The number of alkyl halides is 3. The van der Waals surface area contributed by atoms with Gasteiger partial charge in [0, 0.05) is 24.4 Å². The van der Waals surface area contributed by atoms with Crippen molar-refractivity contribution in [1.82, 2.24) is 4.90 Å². The van der Waals surface area contributed by atoms with E-state index in [9.17, 15) is 23.1 Å². The highest BCUT2D eigenvalue weighted by Crippen LogP contribution is 2.47. The molecule has 2 aromatic carbocycles. The van der Waals surface area contributed by atoms with Crippen LogP contribution < -0.4 is 0 Å². The van der Waals surface area contributed by atoms with Gasteiger partial charge in [-0.25, -0.2) is 4.79 Å². The highest BCUT2D eigenvalue weighted by molar-refractivity contribution is 5.69. The Morgan fingerprint density at radius 1 is 1.09 bits per heavy atom. The van der Waals surface area contributed by atoms with Crippen molar-refractivity contribution in [3.63, 3.8) is 0 Å². The van der Waals surface area contributed by atoms with E-state index < -0.39 is 35.3 Å². The molecule has 0 spiro atoms. The number of likely N-dealkylation sites (tertiary alicyclic amines) is 1. The predicted molar refractivity (Wildman–Crippen MR) is 121 cm³/mol. The molecule has 1 saturated heterocycles. The Hall–Kier alpha value is -2.54. The van der Waals surface area contributed by atoms with Crippen LogP contribution in [0.1, 0.15) is 63.6 Å². The smallest absolute Gasteiger partial charge is 0.421 e. The van der Waals surface area contributed by atoms with Crippen molar-refractivity contribution in [2.75, 3.05) is 13.1 Å². The first-order valence-electron chi connectivity index (χ1n) is 11.1. The summed E-state index contributed by atoms with van der Waals surface area (Å²) >= 11 is 0. The van der Waals surface area contributed by atoms with Gasteiger partial charge in [0.05, 0.1) is 0 Å². The van der Waals surface area contributed by atoms with Crippen molar-refractivity contribution >= 4 is 6.09 Å². The highest BCUT2D eigenvalue weighted by Gasteiger charge is 2.54. The monoisotopic (exact) mass is 463 g/mol. The molecule has 1 unspecified atom stereocenters. The molecule has 1 aliphatic rings. The second kappa shape index (κ2) is 8.67. The van der Waals surface area contributed by atoms with E-state index in [1.165, 1.54) is 19.1 Å². The molecule has 4 nitrogen and oxygen atoms in total. The summed E-state index contributed by atoms with van der Waals surface area (Å²) in [6, 6.07) is 15.7. The third-order valence-electron chi connectivity index (χ3n) is 6.55. The van der Waals surface area contributed by atoms with Crippen molar-refractivity contribution in [1.29, 1.82) is 0 Å². The third-order valence-corrected chi connectivity index (χ3v) is 6.55. The van der Waals surface area contributed by atoms with Crippen LogP contribution in [0.25, 0.3) is 0 Å². The van der Waals surface area contributed by atoms with E-state index in [-0.39, 0.29) is 11.5 Å². The molecule has 0 aliphatic carbocycles. The summed E-state index contributed by atoms with van der Waals surface area (Å²) in [6.07, 6.45) is -5.67. The molecule has 33 heavy (non-hydrogen) atoms. The summed E-state index contributed by atoms with van der Waals surface area (Å²) in [4.78, 5) is 14.5. The number of ether oxygens (including phenoxy) is 1. The van der Waals surface area contributed by atoms with Crippen LogP contribution >= 0.6 is 0 Å². The Balaban J connectivity index is 1.99. The molecule has 0 aromatic heterocycles. The largest absolute Gasteiger partial charge is 0.444 e. The average molecular weight is 464 g/mol. The maximum absolute atomic E-state index is 13.5. The first kappa shape index (κ1) is 25.1. The normalized spacial score (nSPS) is 23.3. The number of benzene rings is 2. The molecule has 1 amide bonds. The van der Waals surface area contributed by atoms with Gasteiger partial charge < -0.3 is 14.7 Å². The van der Waals surface area contributed by atoms with Crippen LogP contribution in [0, 0.1) is 0 Å². The maximum atomic E-state index is 13.5. The zero-order valence-electron chi connectivity index (χ0n) is 19.7. The number of halogens is 3. The topological polar surface area (TPSA) is 49.8 Å². The Morgan fingerprint density at radius 3 is 2.15 bits per heavy atom. The van der Waals surface area contributed by atoms with E-state index in [1.54, 1.807) is 17.0 Å². The van der Waals surface area contributed by atoms with Crippen molar-refractivity contribution in [3.05, 3.63) is 71.3 Å². The van der Waals surface area contributed by atoms with Gasteiger partial charge in [0.25, 0.3) is 0 Å². The fourth-order valence-electron chi connectivity index (χ4n) is 4.60. The molecule has 0 saturated carbocycles. The van der Waals surface area contributed by atoms with Gasteiger partial charge in [0.2, 0.25) is 0 Å². The number of rotatable bonds is 4. The lowest BCUT2D eigenvalue weighted by Crippen LogP contribution is -2.41. The van der Waals surface area contributed by atoms with Crippen molar-refractivity contribution in [3.8, 4) is 0 Å². The minimum Gasteiger partial charge on any atom is -0.444 e. The second-order valence-electron chi connectivity index (χ2n) is 10.0. The van der Waals surface area contributed by atoms with Crippen LogP contribution in [0.5, 0.6) is 0 Å². The number of carbonyl (C=O) groups is 1. The van der Waals surface area contributed by atoms with Crippen LogP contribution in [0.15, 0.2) is 54.6 Å². The lowest BCUT2D eigenvalue weighted by molar-refractivity contribution is -0.267. The van der Waals surface area contributed by atoms with Crippen molar-refractivity contribution < 1.29 is 27.8 Å². The molecule has 180 valence electrons. The van der Waals surface area contributed by atoms with Crippen molar-refractivity contribution in [2.24, 2.45) is 0 Å². The number of aliphatic hydroxyl groups is 1. The van der Waals surface area contributed by atoms with Crippen molar-refractivity contribution in [2.45, 2.75) is 69.8 Å². The van der Waals surface area contributed by atoms with Crippen LogP contribution in [0.4, 0.5) is 18.0 Å². The Labute approximate surface area is 193 Å². The average Bonchev–Trinajstić information content (AvgIpc) is 3.11. The van der Waals surface area contributed by atoms with Crippen LogP contribution in [0.2, 0.25) is 0 Å².